The molecule has 1 aromatic heterocycles. The van der Waals surface area contributed by atoms with Gasteiger partial charge in [0.15, 0.2) is 0 Å². The van der Waals surface area contributed by atoms with E-state index in [4.69, 9.17) is 4.74 Å². The van der Waals surface area contributed by atoms with Crippen LogP contribution in [-0.4, -0.2) is 47.5 Å². The average Bonchev–Trinajstić information content (AvgIpc) is 2.87. The Kier molecular flexibility index (Phi) is 1.99. The van der Waals surface area contributed by atoms with E-state index < -0.39 is 0 Å². The quantitative estimate of drug-likeness (QED) is 0.765. The summed E-state index contributed by atoms with van der Waals surface area (Å²) in [4.78, 5) is 2.44. The highest BCUT2D eigenvalue weighted by molar-refractivity contribution is 5.70. The van der Waals surface area contributed by atoms with Crippen molar-refractivity contribution in [2.45, 2.75) is 18.5 Å². The van der Waals surface area contributed by atoms with E-state index in [-0.39, 0.29) is 0 Å². The molecular formula is C13H17N3O. The number of hydrogen-bond acceptors (Lipinski definition) is 3. The summed E-state index contributed by atoms with van der Waals surface area (Å²) in [7, 11) is 2.22. The van der Waals surface area contributed by atoms with Crippen LogP contribution in [0.15, 0.2) is 18.5 Å². The van der Waals surface area contributed by atoms with Gasteiger partial charge in [0.25, 0.3) is 0 Å². The first kappa shape index (κ1) is 9.85. The Hall–Kier alpha value is -1.13. The number of hydrogen-bond donors (Lipinski definition) is 0. The van der Waals surface area contributed by atoms with Gasteiger partial charge in [0.1, 0.15) is 0 Å². The van der Waals surface area contributed by atoms with Crippen LogP contribution in [0.2, 0.25) is 0 Å². The minimum atomic E-state index is 0.464. The lowest BCUT2D eigenvalue weighted by Gasteiger charge is -2.26. The van der Waals surface area contributed by atoms with Crippen molar-refractivity contribution >= 4 is 5.57 Å². The lowest BCUT2D eigenvalue weighted by atomic mass is 9.98. The maximum Gasteiger partial charge on any atom is 0.0985 e. The van der Waals surface area contributed by atoms with E-state index in [0.29, 0.717) is 12.1 Å². The summed E-state index contributed by atoms with van der Waals surface area (Å²) in [6.07, 6.45) is 7.93. The van der Waals surface area contributed by atoms with Gasteiger partial charge >= 0.3 is 0 Å². The van der Waals surface area contributed by atoms with E-state index in [1.54, 1.807) is 0 Å². The van der Waals surface area contributed by atoms with Crippen LogP contribution < -0.4 is 0 Å². The van der Waals surface area contributed by atoms with Gasteiger partial charge in [-0.15, -0.1) is 0 Å². The van der Waals surface area contributed by atoms with Crippen molar-refractivity contribution in [3.8, 4) is 0 Å². The molecule has 0 saturated carbocycles. The van der Waals surface area contributed by atoms with Gasteiger partial charge in [-0.3, -0.25) is 9.58 Å². The standard InChI is InChI=1S/C13H17N3O/c1-15-5-9-2-11(15)3-13(9)10-4-14-16(6-10)12-7-17-8-12/h3-4,6,9,11-12H,2,5,7-8H2,1H3. The van der Waals surface area contributed by atoms with Crippen molar-refractivity contribution in [3.05, 3.63) is 24.0 Å². The molecule has 2 fully saturated rings. The zero-order chi connectivity index (χ0) is 11.4. The van der Waals surface area contributed by atoms with Crippen LogP contribution in [0.1, 0.15) is 18.0 Å². The van der Waals surface area contributed by atoms with Gasteiger partial charge in [0.2, 0.25) is 0 Å². The third-order valence-corrected chi connectivity index (χ3v) is 4.34. The molecule has 0 spiro atoms. The third kappa shape index (κ3) is 1.40. The molecule has 4 nitrogen and oxygen atoms in total. The Labute approximate surface area is 101 Å². The fourth-order valence-electron chi connectivity index (χ4n) is 3.19. The lowest BCUT2D eigenvalue weighted by Crippen LogP contribution is -2.30. The highest BCUT2D eigenvalue weighted by Crippen LogP contribution is 2.41. The van der Waals surface area contributed by atoms with E-state index in [0.717, 1.165) is 19.1 Å². The molecule has 4 heteroatoms. The molecule has 2 unspecified atom stereocenters. The molecule has 1 aromatic rings. The highest BCUT2D eigenvalue weighted by Gasteiger charge is 2.37. The second-order valence-corrected chi connectivity index (χ2v) is 5.46. The molecule has 2 bridgehead atoms. The van der Waals surface area contributed by atoms with Crippen LogP contribution in [0.5, 0.6) is 0 Å². The second-order valence-electron chi connectivity index (χ2n) is 5.46. The minimum Gasteiger partial charge on any atom is -0.377 e. The minimum absolute atomic E-state index is 0.464. The van der Waals surface area contributed by atoms with Crippen molar-refractivity contribution < 1.29 is 4.74 Å². The normalized spacial score (nSPS) is 32.9. The molecule has 3 aliphatic rings. The smallest absolute Gasteiger partial charge is 0.0985 e. The van der Waals surface area contributed by atoms with E-state index in [9.17, 15) is 0 Å². The lowest BCUT2D eigenvalue weighted by molar-refractivity contribution is -0.0286. The van der Waals surface area contributed by atoms with Crippen LogP contribution in [-0.2, 0) is 4.74 Å². The molecule has 0 radical (unpaired) electrons. The van der Waals surface area contributed by atoms with Crippen LogP contribution in [0.25, 0.3) is 5.57 Å². The number of ether oxygens (including phenoxy) is 1. The Bertz CT molecular complexity index is 475. The number of fused-ring (bicyclic) bond motifs is 2. The average molecular weight is 231 g/mol. The number of likely N-dealkylation sites (N-methyl/N-ethyl adjacent to an activating group) is 1. The maximum atomic E-state index is 5.21. The molecule has 1 aliphatic carbocycles. The van der Waals surface area contributed by atoms with Gasteiger partial charge in [-0.2, -0.15) is 5.10 Å². The molecule has 2 aliphatic heterocycles. The molecule has 2 saturated heterocycles. The Balaban J connectivity index is 1.61. The van der Waals surface area contributed by atoms with Gasteiger partial charge in [-0.05, 0) is 25.0 Å². The molecule has 90 valence electrons. The van der Waals surface area contributed by atoms with Gasteiger partial charge in [0.05, 0.1) is 25.5 Å². The summed E-state index contributed by atoms with van der Waals surface area (Å²) >= 11 is 0. The Morgan fingerprint density at radius 3 is 2.88 bits per heavy atom. The highest BCUT2D eigenvalue weighted by atomic mass is 16.5. The van der Waals surface area contributed by atoms with Crippen molar-refractivity contribution in [2.75, 3.05) is 26.8 Å². The molecular weight excluding hydrogens is 214 g/mol. The first-order valence-electron chi connectivity index (χ1n) is 6.35. The summed E-state index contributed by atoms with van der Waals surface area (Å²) < 4.78 is 7.27. The molecule has 0 aromatic carbocycles. The zero-order valence-electron chi connectivity index (χ0n) is 10.0. The van der Waals surface area contributed by atoms with E-state index in [1.165, 1.54) is 24.1 Å². The van der Waals surface area contributed by atoms with Gasteiger partial charge < -0.3 is 4.74 Å². The van der Waals surface area contributed by atoms with Crippen molar-refractivity contribution in [1.29, 1.82) is 0 Å². The predicted octanol–water partition coefficient (Wildman–Crippen LogP) is 1.17. The molecule has 0 N–H and O–H groups in total. The molecule has 2 atom stereocenters. The molecule has 0 amide bonds. The van der Waals surface area contributed by atoms with Crippen LogP contribution >= 0.6 is 0 Å². The number of rotatable bonds is 2. The largest absolute Gasteiger partial charge is 0.377 e. The van der Waals surface area contributed by atoms with Gasteiger partial charge in [-0.1, -0.05) is 6.08 Å². The van der Waals surface area contributed by atoms with E-state index >= 15 is 0 Å². The number of likely N-dealkylation sites (tertiary alicyclic amines) is 1. The third-order valence-electron chi connectivity index (χ3n) is 4.34. The first-order chi connectivity index (χ1) is 8.31. The molecule has 4 rings (SSSR count). The molecule has 3 heterocycles. The summed E-state index contributed by atoms with van der Waals surface area (Å²) in [6.45, 7) is 2.83. The van der Waals surface area contributed by atoms with Crippen molar-refractivity contribution in [2.24, 2.45) is 5.92 Å². The number of nitrogens with zero attached hydrogens (tertiary/aromatic N) is 3. The van der Waals surface area contributed by atoms with E-state index in [2.05, 4.69) is 34.0 Å². The van der Waals surface area contributed by atoms with Crippen molar-refractivity contribution in [3.63, 3.8) is 0 Å². The van der Waals surface area contributed by atoms with Gasteiger partial charge in [0, 0.05) is 24.3 Å². The van der Waals surface area contributed by atoms with E-state index in [1.807, 2.05) is 6.20 Å². The fourth-order valence-corrected chi connectivity index (χ4v) is 3.19. The topological polar surface area (TPSA) is 30.3 Å². The fraction of sp³-hybridized carbons (Fsp3) is 0.615. The Morgan fingerprint density at radius 2 is 2.29 bits per heavy atom. The number of aromatic nitrogens is 2. The van der Waals surface area contributed by atoms with Gasteiger partial charge in [-0.25, -0.2) is 0 Å². The predicted molar refractivity (Wildman–Crippen MR) is 64.6 cm³/mol. The SMILES string of the molecule is CN1CC2CC1C=C2c1cnn(C2COC2)c1. The maximum absolute atomic E-state index is 5.21. The van der Waals surface area contributed by atoms with Crippen LogP contribution in [0.4, 0.5) is 0 Å². The van der Waals surface area contributed by atoms with Crippen LogP contribution in [0.3, 0.4) is 0 Å². The second kappa shape index (κ2) is 3.43. The van der Waals surface area contributed by atoms with Crippen molar-refractivity contribution in [1.82, 2.24) is 14.7 Å². The van der Waals surface area contributed by atoms with Crippen LogP contribution in [0, 0.1) is 5.92 Å². The Morgan fingerprint density at radius 1 is 1.41 bits per heavy atom. The first-order valence-corrected chi connectivity index (χ1v) is 6.35. The summed E-state index contributed by atoms with van der Waals surface area (Å²) in [6, 6.07) is 1.12. The molecule has 17 heavy (non-hydrogen) atoms. The summed E-state index contributed by atoms with van der Waals surface area (Å²) in [5.74, 6) is 0.722. The monoisotopic (exact) mass is 231 g/mol. The summed E-state index contributed by atoms with van der Waals surface area (Å²) in [5.41, 5.74) is 2.83. The zero-order valence-corrected chi connectivity index (χ0v) is 10.0. The summed E-state index contributed by atoms with van der Waals surface area (Å²) in [5, 5.41) is 4.47.